The fraction of sp³-hybridized carbons (Fsp3) is 0.250. The molecule has 0 saturated heterocycles. The van der Waals surface area contributed by atoms with Gasteiger partial charge in [0.1, 0.15) is 11.4 Å². The van der Waals surface area contributed by atoms with Crippen LogP contribution in [-0.4, -0.2) is 24.6 Å². The zero-order valence-electron chi connectivity index (χ0n) is 11.7. The number of pyridine rings is 1. The first-order valence-electron chi connectivity index (χ1n) is 6.54. The van der Waals surface area contributed by atoms with Crippen molar-refractivity contribution in [2.75, 3.05) is 19.0 Å². The van der Waals surface area contributed by atoms with Gasteiger partial charge in [-0.15, -0.1) is 0 Å². The molecule has 0 atom stereocenters. The zero-order chi connectivity index (χ0) is 14.4. The van der Waals surface area contributed by atoms with Crippen LogP contribution in [-0.2, 0) is 11.2 Å². The van der Waals surface area contributed by atoms with Crippen molar-refractivity contribution in [3.63, 3.8) is 0 Å². The Morgan fingerprint density at radius 2 is 2.05 bits per heavy atom. The quantitative estimate of drug-likeness (QED) is 0.849. The summed E-state index contributed by atoms with van der Waals surface area (Å²) in [4.78, 5) is 15.8. The third-order valence-corrected chi connectivity index (χ3v) is 3.16. The topological polar surface area (TPSA) is 51.2 Å². The summed E-state index contributed by atoms with van der Waals surface area (Å²) in [5.74, 6) is 0.185. The number of aromatic nitrogens is 1. The molecule has 0 bridgehead atoms. The molecule has 0 saturated carbocycles. The molecule has 1 N–H and O–H groups in total. The molecule has 0 fully saturated rings. The SMILES string of the molecule is COC(=O)c1cccnc1NCCc1ccccc1C. The Hall–Kier alpha value is -2.36. The van der Waals surface area contributed by atoms with Crippen LogP contribution in [0.5, 0.6) is 0 Å². The summed E-state index contributed by atoms with van der Waals surface area (Å²) in [5.41, 5.74) is 3.01. The molecule has 20 heavy (non-hydrogen) atoms. The molecule has 1 heterocycles. The second-order valence-corrected chi connectivity index (χ2v) is 4.49. The van der Waals surface area contributed by atoms with Gasteiger partial charge in [0.2, 0.25) is 0 Å². The van der Waals surface area contributed by atoms with E-state index in [1.165, 1.54) is 18.2 Å². The maximum absolute atomic E-state index is 11.6. The normalized spacial score (nSPS) is 10.1. The Bertz CT molecular complexity index is 597. The molecule has 2 aromatic rings. The number of carbonyl (C=O) groups is 1. The predicted molar refractivity (Wildman–Crippen MR) is 78.9 cm³/mol. The van der Waals surface area contributed by atoms with Crippen LogP contribution in [0, 0.1) is 6.92 Å². The number of hydrogen-bond donors (Lipinski definition) is 1. The third-order valence-electron chi connectivity index (χ3n) is 3.16. The van der Waals surface area contributed by atoms with Crippen LogP contribution in [0.4, 0.5) is 5.82 Å². The molecule has 0 unspecified atom stereocenters. The van der Waals surface area contributed by atoms with Gasteiger partial charge in [0.25, 0.3) is 0 Å². The Morgan fingerprint density at radius 3 is 2.80 bits per heavy atom. The lowest BCUT2D eigenvalue weighted by atomic mass is 10.1. The molecule has 0 aliphatic heterocycles. The van der Waals surface area contributed by atoms with Gasteiger partial charge < -0.3 is 10.1 Å². The van der Waals surface area contributed by atoms with E-state index in [9.17, 15) is 4.79 Å². The van der Waals surface area contributed by atoms with Gasteiger partial charge >= 0.3 is 5.97 Å². The van der Waals surface area contributed by atoms with E-state index in [0.717, 1.165) is 6.42 Å². The number of carbonyl (C=O) groups excluding carboxylic acids is 1. The maximum Gasteiger partial charge on any atom is 0.341 e. The largest absolute Gasteiger partial charge is 0.465 e. The van der Waals surface area contributed by atoms with Crippen LogP contribution in [0.2, 0.25) is 0 Å². The first-order valence-corrected chi connectivity index (χ1v) is 6.54. The second kappa shape index (κ2) is 6.70. The highest BCUT2D eigenvalue weighted by molar-refractivity contribution is 5.94. The number of anilines is 1. The third kappa shape index (κ3) is 3.35. The van der Waals surface area contributed by atoms with E-state index in [1.54, 1.807) is 18.3 Å². The van der Waals surface area contributed by atoms with Crippen molar-refractivity contribution in [1.82, 2.24) is 4.98 Å². The highest BCUT2D eigenvalue weighted by atomic mass is 16.5. The highest BCUT2D eigenvalue weighted by Crippen LogP contribution is 2.13. The molecule has 0 aliphatic carbocycles. The molecule has 1 aromatic carbocycles. The average molecular weight is 270 g/mol. The van der Waals surface area contributed by atoms with Crippen molar-refractivity contribution in [2.45, 2.75) is 13.3 Å². The monoisotopic (exact) mass is 270 g/mol. The maximum atomic E-state index is 11.6. The first kappa shape index (κ1) is 14.1. The van der Waals surface area contributed by atoms with Gasteiger partial charge in [-0.1, -0.05) is 24.3 Å². The Balaban J connectivity index is 2.01. The zero-order valence-corrected chi connectivity index (χ0v) is 11.7. The molecule has 4 heteroatoms. The van der Waals surface area contributed by atoms with Crippen molar-refractivity contribution in [3.8, 4) is 0 Å². The molecular formula is C16H18N2O2. The van der Waals surface area contributed by atoms with Crippen LogP contribution < -0.4 is 5.32 Å². The smallest absolute Gasteiger partial charge is 0.341 e. The molecule has 1 aromatic heterocycles. The summed E-state index contributed by atoms with van der Waals surface area (Å²) in [6.07, 6.45) is 2.53. The number of nitrogens with one attached hydrogen (secondary N) is 1. The van der Waals surface area contributed by atoms with Crippen molar-refractivity contribution in [1.29, 1.82) is 0 Å². The van der Waals surface area contributed by atoms with E-state index in [0.29, 0.717) is 17.9 Å². The number of rotatable bonds is 5. The lowest BCUT2D eigenvalue weighted by Gasteiger charge is -2.10. The molecule has 0 spiro atoms. The van der Waals surface area contributed by atoms with Gasteiger partial charge in [-0.2, -0.15) is 0 Å². The number of aryl methyl sites for hydroxylation is 1. The number of ether oxygens (including phenoxy) is 1. The van der Waals surface area contributed by atoms with Gasteiger partial charge in [-0.25, -0.2) is 9.78 Å². The number of methoxy groups -OCH3 is 1. The number of esters is 1. The predicted octanol–water partition coefficient (Wildman–Crippen LogP) is 2.83. The van der Waals surface area contributed by atoms with Gasteiger partial charge in [0.05, 0.1) is 7.11 Å². The molecule has 0 radical (unpaired) electrons. The fourth-order valence-electron chi connectivity index (χ4n) is 2.03. The first-order chi connectivity index (χ1) is 9.72. The van der Waals surface area contributed by atoms with Crippen LogP contribution >= 0.6 is 0 Å². The summed E-state index contributed by atoms with van der Waals surface area (Å²) in [6.45, 7) is 2.81. The molecule has 4 nitrogen and oxygen atoms in total. The van der Waals surface area contributed by atoms with Crippen LogP contribution in [0.15, 0.2) is 42.6 Å². The molecular weight excluding hydrogens is 252 g/mol. The highest BCUT2D eigenvalue weighted by Gasteiger charge is 2.11. The van der Waals surface area contributed by atoms with E-state index in [2.05, 4.69) is 29.4 Å². The van der Waals surface area contributed by atoms with E-state index in [-0.39, 0.29) is 5.97 Å². The molecule has 0 amide bonds. The second-order valence-electron chi connectivity index (χ2n) is 4.49. The summed E-state index contributed by atoms with van der Waals surface area (Å²) in [7, 11) is 1.37. The fourth-order valence-corrected chi connectivity index (χ4v) is 2.03. The minimum Gasteiger partial charge on any atom is -0.465 e. The van der Waals surface area contributed by atoms with E-state index >= 15 is 0 Å². The van der Waals surface area contributed by atoms with Gasteiger partial charge in [-0.05, 0) is 36.6 Å². The molecule has 2 rings (SSSR count). The standard InChI is InChI=1S/C16H18N2O2/c1-12-6-3-4-7-13(12)9-11-18-15-14(16(19)20-2)8-5-10-17-15/h3-8,10H,9,11H2,1-2H3,(H,17,18). The van der Waals surface area contributed by atoms with E-state index < -0.39 is 0 Å². The number of hydrogen-bond acceptors (Lipinski definition) is 4. The number of nitrogens with zero attached hydrogens (tertiary/aromatic N) is 1. The minimum atomic E-state index is -0.378. The summed E-state index contributed by atoms with van der Waals surface area (Å²) in [5, 5.41) is 3.19. The van der Waals surface area contributed by atoms with Crippen LogP contribution in [0.1, 0.15) is 21.5 Å². The lowest BCUT2D eigenvalue weighted by Crippen LogP contribution is -2.12. The van der Waals surface area contributed by atoms with Crippen LogP contribution in [0.3, 0.4) is 0 Å². The minimum absolute atomic E-state index is 0.378. The Kier molecular flexibility index (Phi) is 4.71. The van der Waals surface area contributed by atoms with Gasteiger partial charge in [0, 0.05) is 12.7 Å². The molecule has 0 aliphatic rings. The number of benzene rings is 1. The van der Waals surface area contributed by atoms with E-state index in [4.69, 9.17) is 4.74 Å². The molecule has 104 valence electrons. The summed E-state index contributed by atoms with van der Waals surface area (Å²) >= 11 is 0. The van der Waals surface area contributed by atoms with Crippen molar-refractivity contribution in [3.05, 3.63) is 59.3 Å². The summed E-state index contributed by atoms with van der Waals surface area (Å²) < 4.78 is 4.74. The Morgan fingerprint density at radius 1 is 1.25 bits per heavy atom. The van der Waals surface area contributed by atoms with Crippen LogP contribution in [0.25, 0.3) is 0 Å². The van der Waals surface area contributed by atoms with Crippen molar-refractivity contribution >= 4 is 11.8 Å². The summed E-state index contributed by atoms with van der Waals surface area (Å²) in [6, 6.07) is 11.7. The van der Waals surface area contributed by atoms with Crippen molar-refractivity contribution in [2.24, 2.45) is 0 Å². The van der Waals surface area contributed by atoms with Gasteiger partial charge in [0.15, 0.2) is 0 Å². The van der Waals surface area contributed by atoms with Gasteiger partial charge in [-0.3, -0.25) is 0 Å². The van der Waals surface area contributed by atoms with Crippen molar-refractivity contribution < 1.29 is 9.53 Å². The Labute approximate surface area is 118 Å². The average Bonchev–Trinajstić information content (AvgIpc) is 2.49. The lowest BCUT2D eigenvalue weighted by molar-refractivity contribution is 0.0601. The van der Waals surface area contributed by atoms with E-state index in [1.807, 2.05) is 12.1 Å².